The highest BCUT2D eigenvalue weighted by Crippen LogP contribution is 2.47. The third-order valence-corrected chi connectivity index (χ3v) is 15.1. The van der Waals surface area contributed by atoms with Gasteiger partial charge in [-0.15, -0.1) is 22.7 Å². The molecule has 0 radical (unpaired) electrons. The predicted molar refractivity (Wildman–Crippen MR) is 269 cm³/mol. The maximum Gasteiger partial charge on any atom is 0.166 e. The zero-order chi connectivity index (χ0) is 41.2. The molecule has 4 nitrogen and oxygen atoms in total. The van der Waals surface area contributed by atoms with Crippen LogP contribution in [-0.2, 0) is 0 Å². The lowest BCUT2D eigenvalue weighted by molar-refractivity contribution is 1.07. The molecule has 6 heteroatoms. The van der Waals surface area contributed by atoms with E-state index in [-0.39, 0.29) is 0 Å². The number of fused-ring (bicyclic) bond motifs is 13. The number of thiophene rings is 2. The van der Waals surface area contributed by atoms with Gasteiger partial charge in [0, 0.05) is 63.1 Å². The van der Waals surface area contributed by atoms with Crippen LogP contribution in [0.25, 0.3) is 134 Å². The molecule has 0 saturated heterocycles. The zero-order valence-corrected chi connectivity index (χ0v) is 35.2. The minimum atomic E-state index is 0.629. The second-order valence-electron chi connectivity index (χ2n) is 16.3. The van der Waals surface area contributed by atoms with Crippen molar-refractivity contribution in [3.63, 3.8) is 0 Å². The van der Waals surface area contributed by atoms with Gasteiger partial charge in [-0.1, -0.05) is 140 Å². The lowest BCUT2D eigenvalue weighted by Gasteiger charge is -2.16. The number of rotatable bonds is 4. The summed E-state index contributed by atoms with van der Waals surface area (Å²) in [6, 6.07) is 70.2. The Morgan fingerprint density at radius 1 is 0.333 bits per heavy atom. The van der Waals surface area contributed by atoms with E-state index in [1.807, 2.05) is 22.7 Å². The Morgan fingerprint density at radius 2 is 0.968 bits per heavy atom. The SMILES string of the molecule is c1ccc2cc3c(cc2c1)c1ccccc1n3-c1c(-c2nc(-c3ccc4sc5ccccc5c4c3)nc(-c3cccc4ccccc34)n2)ccc2c1sc1ccc3ccccc3c12. The van der Waals surface area contributed by atoms with Crippen molar-refractivity contribution in [3.05, 3.63) is 194 Å². The molecule has 0 N–H and O–H groups in total. The molecule has 0 fully saturated rings. The Hall–Kier alpha value is -7.77. The largest absolute Gasteiger partial charge is 0.307 e. The highest BCUT2D eigenvalue weighted by atomic mass is 32.1. The molecular formula is C57H32N4S2. The number of hydrogen-bond acceptors (Lipinski definition) is 5. The van der Waals surface area contributed by atoms with Crippen LogP contribution in [0.2, 0.25) is 0 Å². The third kappa shape index (κ3) is 5.23. The van der Waals surface area contributed by atoms with Gasteiger partial charge in [-0.05, 0) is 86.9 Å². The molecular weight excluding hydrogens is 805 g/mol. The molecule has 63 heavy (non-hydrogen) atoms. The fourth-order valence-electron chi connectivity index (χ4n) is 9.93. The summed E-state index contributed by atoms with van der Waals surface area (Å²) in [5.41, 5.74) is 6.22. The smallest absolute Gasteiger partial charge is 0.166 e. The number of nitrogens with zero attached hydrogens (tertiary/aromatic N) is 4. The molecule has 10 aromatic carbocycles. The Labute approximate surface area is 368 Å². The average Bonchev–Trinajstić information content (AvgIpc) is 4.02. The van der Waals surface area contributed by atoms with Crippen LogP contribution in [0.5, 0.6) is 0 Å². The second-order valence-corrected chi connectivity index (χ2v) is 18.4. The van der Waals surface area contributed by atoms with Crippen LogP contribution in [0, 0.1) is 0 Å². The van der Waals surface area contributed by atoms with Gasteiger partial charge in [0.15, 0.2) is 17.5 Å². The first-order valence-corrected chi connectivity index (χ1v) is 22.8. The summed E-state index contributed by atoms with van der Waals surface area (Å²) >= 11 is 3.66. The van der Waals surface area contributed by atoms with E-state index in [4.69, 9.17) is 15.0 Å². The molecule has 0 aliphatic rings. The van der Waals surface area contributed by atoms with Crippen LogP contribution in [0.15, 0.2) is 194 Å². The standard InChI is InChI=1S/C57H32N4S2/c1-2-15-36-32-48-45(30-35(36)14-1)40-19-7-9-22-47(40)61(48)53-44(27-26-43-52-39-18-6-4-13-34(39)24-29-51(52)63-54(43)53)57-59-55(37-25-28-50-46(31-37)41-20-8-10-23-49(41)62-50)58-56(60-57)42-21-11-16-33-12-3-5-17-38(33)42/h1-32H. The van der Waals surface area contributed by atoms with Gasteiger partial charge in [-0.2, -0.15) is 0 Å². The van der Waals surface area contributed by atoms with Crippen molar-refractivity contribution in [1.82, 2.24) is 19.5 Å². The summed E-state index contributed by atoms with van der Waals surface area (Å²) in [5, 5.41) is 14.5. The van der Waals surface area contributed by atoms with E-state index in [0.29, 0.717) is 17.5 Å². The van der Waals surface area contributed by atoms with Gasteiger partial charge in [0.2, 0.25) is 0 Å². The van der Waals surface area contributed by atoms with Crippen molar-refractivity contribution in [3.8, 4) is 39.9 Å². The molecule has 14 aromatic rings. The number of benzene rings is 10. The van der Waals surface area contributed by atoms with Crippen molar-refractivity contribution in [1.29, 1.82) is 0 Å². The highest BCUT2D eigenvalue weighted by Gasteiger charge is 2.25. The molecule has 4 aromatic heterocycles. The van der Waals surface area contributed by atoms with Crippen molar-refractivity contribution in [2.75, 3.05) is 0 Å². The third-order valence-electron chi connectivity index (χ3n) is 12.8. The summed E-state index contributed by atoms with van der Waals surface area (Å²) in [4.78, 5) is 16.4. The first-order valence-electron chi connectivity index (χ1n) is 21.2. The van der Waals surface area contributed by atoms with E-state index < -0.39 is 0 Å². The second kappa shape index (κ2) is 13.4. The first kappa shape index (κ1) is 34.9. The Balaban J connectivity index is 1.13. The van der Waals surface area contributed by atoms with Gasteiger partial charge in [-0.3, -0.25) is 0 Å². The van der Waals surface area contributed by atoms with Crippen molar-refractivity contribution < 1.29 is 0 Å². The zero-order valence-electron chi connectivity index (χ0n) is 33.6. The average molecular weight is 837 g/mol. The molecule has 0 unspecified atom stereocenters. The minimum Gasteiger partial charge on any atom is -0.307 e. The lowest BCUT2D eigenvalue weighted by atomic mass is 10.0. The van der Waals surface area contributed by atoms with Crippen LogP contribution in [0.3, 0.4) is 0 Å². The molecule has 14 rings (SSSR count). The molecule has 0 saturated carbocycles. The summed E-state index contributed by atoms with van der Waals surface area (Å²) in [5.74, 6) is 1.91. The Morgan fingerprint density at radius 3 is 1.83 bits per heavy atom. The van der Waals surface area contributed by atoms with Crippen molar-refractivity contribution in [2.45, 2.75) is 0 Å². The van der Waals surface area contributed by atoms with E-state index in [0.717, 1.165) is 44.2 Å². The number of para-hydroxylation sites is 1. The minimum absolute atomic E-state index is 0.629. The quantitative estimate of drug-likeness (QED) is 0.177. The number of aromatic nitrogens is 4. The van der Waals surface area contributed by atoms with Crippen LogP contribution >= 0.6 is 22.7 Å². The lowest BCUT2D eigenvalue weighted by Crippen LogP contribution is -2.04. The van der Waals surface area contributed by atoms with Gasteiger partial charge in [0.05, 0.1) is 21.4 Å². The van der Waals surface area contributed by atoms with Crippen LogP contribution in [0.1, 0.15) is 0 Å². The Bertz CT molecular complexity index is 4230. The van der Waals surface area contributed by atoms with Crippen molar-refractivity contribution >= 4 is 117 Å². The van der Waals surface area contributed by atoms with E-state index in [9.17, 15) is 0 Å². The maximum absolute atomic E-state index is 5.51. The summed E-state index contributed by atoms with van der Waals surface area (Å²) < 4.78 is 7.43. The summed E-state index contributed by atoms with van der Waals surface area (Å²) in [6.45, 7) is 0. The van der Waals surface area contributed by atoms with Gasteiger partial charge in [0.1, 0.15) is 0 Å². The fourth-order valence-corrected chi connectivity index (χ4v) is 12.3. The fraction of sp³-hybridized carbons (Fsp3) is 0. The Kier molecular flexibility index (Phi) is 7.40. The van der Waals surface area contributed by atoms with Gasteiger partial charge >= 0.3 is 0 Å². The first-order chi connectivity index (χ1) is 31.2. The molecule has 0 aliphatic carbocycles. The predicted octanol–water partition coefficient (Wildman–Crippen LogP) is 16.2. The molecule has 0 spiro atoms. The van der Waals surface area contributed by atoms with Gasteiger partial charge < -0.3 is 4.57 Å². The highest BCUT2D eigenvalue weighted by molar-refractivity contribution is 7.26. The normalized spacial score (nSPS) is 12.1. The molecule has 0 aliphatic heterocycles. The number of hydrogen-bond donors (Lipinski definition) is 0. The topological polar surface area (TPSA) is 43.6 Å². The monoisotopic (exact) mass is 836 g/mol. The van der Waals surface area contributed by atoms with E-state index in [1.165, 1.54) is 72.7 Å². The van der Waals surface area contributed by atoms with Crippen LogP contribution in [-0.4, -0.2) is 19.5 Å². The molecule has 4 heterocycles. The van der Waals surface area contributed by atoms with Gasteiger partial charge in [0.25, 0.3) is 0 Å². The van der Waals surface area contributed by atoms with E-state index in [1.54, 1.807) is 0 Å². The summed E-state index contributed by atoms with van der Waals surface area (Å²) in [7, 11) is 0. The van der Waals surface area contributed by atoms with Crippen LogP contribution < -0.4 is 0 Å². The van der Waals surface area contributed by atoms with E-state index >= 15 is 0 Å². The van der Waals surface area contributed by atoms with Crippen molar-refractivity contribution in [2.24, 2.45) is 0 Å². The van der Waals surface area contributed by atoms with Crippen LogP contribution in [0.4, 0.5) is 0 Å². The van der Waals surface area contributed by atoms with Gasteiger partial charge in [-0.25, -0.2) is 15.0 Å². The maximum atomic E-state index is 5.51. The van der Waals surface area contributed by atoms with E-state index in [2.05, 4.69) is 199 Å². The molecule has 292 valence electrons. The molecule has 0 atom stereocenters. The summed E-state index contributed by atoms with van der Waals surface area (Å²) in [6.07, 6.45) is 0. The molecule has 0 bridgehead atoms. The molecule has 0 amide bonds.